The highest BCUT2D eigenvalue weighted by atomic mass is 16.5. The molecule has 2 amide bonds. The Kier molecular flexibility index (Phi) is 6.73. The van der Waals surface area contributed by atoms with E-state index in [0.717, 1.165) is 22.4 Å². The Morgan fingerprint density at radius 2 is 1.79 bits per heavy atom. The maximum atomic E-state index is 13.0. The number of esters is 1. The summed E-state index contributed by atoms with van der Waals surface area (Å²) in [5.74, 6) is -0.602. The van der Waals surface area contributed by atoms with Gasteiger partial charge in [-0.1, -0.05) is 36.4 Å². The molecule has 0 radical (unpaired) electrons. The molecule has 1 aliphatic heterocycles. The number of amides is 2. The monoisotopic (exact) mass is 448 g/mol. The first kappa shape index (κ1) is 22.1. The second-order valence-corrected chi connectivity index (χ2v) is 7.63. The van der Waals surface area contributed by atoms with Crippen LogP contribution in [-0.2, 0) is 33.8 Å². The predicted octanol–water partition coefficient (Wildman–Crippen LogP) is 2.71. The Morgan fingerprint density at radius 1 is 1.03 bits per heavy atom. The van der Waals surface area contributed by atoms with Gasteiger partial charge in [-0.25, -0.2) is 4.79 Å². The topological polar surface area (TPSA) is 98.1 Å². The molecule has 4 rings (SSSR count). The number of fused-ring (bicyclic) bond motifs is 1. The summed E-state index contributed by atoms with van der Waals surface area (Å²) >= 11 is 0. The lowest BCUT2D eigenvalue weighted by Gasteiger charge is -2.34. The van der Waals surface area contributed by atoms with Gasteiger partial charge in [-0.2, -0.15) is 0 Å². The summed E-state index contributed by atoms with van der Waals surface area (Å²) in [6, 6.07) is 17.2. The molecule has 0 spiro atoms. The molecule has 0 bridgehead atoms. The zero-order chi connectivity index (χ0) is 23.2. The van der Waals surface area contributed by atoms with Crippen LogP contribution in [0, 0.1) is 0 Å². The van der Waals surface area contributed by atoms with Crippen molar-refractivity contribution < 1.29 is 28.3 Å². The van der Waals surface area contributed by atoms with Crippen molar-refractivity contribution in [3.05, 3.63) is 89.4 Å². The highest BCUT2D eigenvalue weighted by molar-refractivity contribution is 5.95. The number of hydrogen-bond donors (Lipinski definition) is 1. The normalized spacial score (nSPS) is 14.8. The molecule has 0 aliphatic carbocycles. The van der Waals surface area contributed by atoms with E-state index < -0.39 is 30.4 Å². The molecular weight excluding hydrogens is 424 g/mol. The second kappa shape index (κ2) is 10.0. The number of hydrogen-bond acceptors (Lipinski definition) is 6. The molecule has 0 saturated carbocycles. The first-order chi connectivity index (χ1) is 16.0. The fourth-order valence-corrected chi connectivity index (χ4v) is 3.72. The lowest BCUT2D eigenvalue weighted by atomic mass is 9.93. The standard InChI is InChI=1S/C25H24N2O6/c1-31-20-10-8-17(9-11-20)14-26-23(28)16-33-25(30)21-13-18-5-2-3-6-19(18)15-27(21)24(29)22-7-4-12-32-22/h2-12,21H,13-16H2,1H3,(H,26,28). The molecule has 2 aromatic carbocycles. The van der Waals surface area contributed by atoms with Crippen LogP contribution in [0.15, 0.2) is 71.3 Å². The Balaban J connectivity index is 1.38. The van der Waals surface area contributed by atoms with Crippen molar-refractivity contribution >= 4 is 17.8 Å². The molecule has 1 aromatic heterocycles. The first-order valence-electron chi connectivity index (χ1n) is 10.5. The Bertz CT molecular complexity index is 1120. The lowest BCUT2D eigenvalue weighted by molar-refractivity contribution is -0.153. The van der Waals surface area contributed by atoms with Crippen LogP contribution >= 0.6 is 0 Å². The highest BCUT2D eigenvalue weighted by Gasteiger charge is 2.37. The molecule has 1 aliphatic rings. The van der Waals surface area contributed by atoms with Gasteiger partial charge in [0.15, 0.2) is 12.4 Å². The van der Waals surface area contributed by atoms with Gasteiger partial charge in [-0.3, -0.25) is 9.59 Å². The molecule has 0 fully saturated rings. The zero-order valence-electron chi connectivity index (χ0n) is 18.2. The Morgan fingerprint density at radius 3 is 2.48 bits per heavy atom. The lowest BCUT2D eigenvalue weighted by Crippen LogP contribution is -2.49. The summed E-state index contributed by atoms with van der Waals surface area (Å²) in [7, 11) is 1.58. The maximum absolute atomic E-state index is 13.0. The molecule has 8 nitrogen and oxygen atoms in total. The van der Waals surface area contributed by atoms with Crippen molar-refractivity contribution in [2.24, 2.45) is 0 Å². The van der Waals surface area contributed by atoms with Crippen LogP contribution in [0.25, 0.3) is 0 Å². The van der Waals surface area contributed by atoms with Crippen LogP contribution < -0.4 is 10.1 Å². The zero-order valence-corrected chi connectivity index (χ0v) is 18.2. The minimum atomic E-state index is -0.855. The highest BCUT2D eigenvalue weighted by Crippen LogP contribution is 2.26. The molecule has 1 atom stereocenters. The molecule has 1 N–H and O–H groups in total. The number of carbonyl (C=O) groups is 3. The number of benzene rings is 2. The van der Waals surface area contributed by atoms with E-state index in [4.69, 9.17) is 13.9 Å². The first-order valence-corrected chi connectivity index (χ1v) is 10.5. The third-order valence-electron chi connectivity index (χ3n) is 5.51. The van der Waals surface area contributed by atoms with Gasteiger partial charge in [0.25, 0.3) is 11.8 Å². The van der Waals surface area contributed by atoms with Crippen LogP contribution in [0.3, 0.4) is 0 Å². The van der Waals surface area contributed by atoms with Gasteiger partial charge in [-0.05, 0) is 41.0 Å². The molecular formula is C25H24N2O6. The quantitative estimate of drug-likeness (QED) is 0.558. The van der Waals surface area contributed by atoms with Crippen LogP contribution in [0.4, 0.5) is 0 Å². The van der Waals surface area contributed by atoms with Gasteiger partial charge in [0.05, 0.1) is 13.4 Å². The number of furan rings is 1. The van der Waals surface area contributed by atoms with Crippen molar-refractivity contribution in [2.75, 3.05) is 13.7 Å². The number of nitrogens with zero attached hydrogens (tertiary/aromatic N) is 1. The molecule has 3 aromatic rings. The number of rotatable bonds is 7. The van der Waals surface area contributed by atoms with E-state index in [0.29, 0.717) is 13.0 Å². The predicted molar refractivity (Wildman–Crippen MR) is 118 cm³/mol. The summed E-state index contributed by atoms with van der Waals surface area (Å²) in [5.41, 5.74) is 2.81. The smallest absolute Gasteiger partial charge is 0.329 e. The average Bonchev–Trinajstić information content (AvgIpc) is 3.40. The van der Waals surface area contributed by atoms with E-state index in [1.165, 1.54) is 11.2 Å². The fraction of sp³-hybridized carbons (Fsp3) is 0.240. The van der Waals surface area contributed by atoms with E-state index in [-0.39, 0.29) is 12.3 Å². The fourth-order valence-electron chi connectivity index (χ4n) is 3.72. The van der Waals surface area contributed by atoms with Gasteiger partial charge in [0.2, 0.25) is 0 Å². The number of ether oxygens (including phenoxy) is 2. The van der Waals surface area contributed by atoms with Crippen LogP contribution in [0.1, 0.15) is 27.2 Å². The third-order valence-corrected chi connectivity index (χ3v) is 5.51. The molecule has 33 heavy (non-hydrogen) atoms. The minimum Gasteiger partial charge on any atom is -0.497 e. The largest absolute Gasteiger partial charge is 0.497 e. The van der Waals surface area contributed by atoms with Crippen LogP contribution in [0.2, 0.25) is 0 Å². The van der Waals surface area contributed by atoms with Crippen molar-refractivity contribution in [2.45, 2.75) is 25.6 Å². The molecule has 2 heterocycles. The van der Waals surface area contributed by atoms with Crippen molar-refractivity contribution in [1.82, 2.24) is 10.2 Å². The van der Waals surface area contributed by atoms with Gasteiger partial charge < -0.3 is 24.1 Å². The Hall–Kier alpha value is -4.07. The van der Waals surface area contributed by atoms with Crippen LogP contribution in [-0.4, -0.2) is 42.4 Å². The number of carbonyl (C=O) groups excluding carboxylic acids is 3. The molecule has 1 unspecified atom stereocenters. The molecule has 8 heteroatoms. The maximum Gasteiger partial charge on any atom is 0.329 e. The van der Waals surface area contributed by atoms with E-state index in [2.05, 4.69) is 5.32 Å². The average molecular weight is 448 g/mol. The summed E-state index contributed by atoms with van der Waals surface area (Å²) in [4.78, 5) is 39.5. The van der Waals surface area contributed by atoms with Gasteiger partial charge in [0, 0.05) is 19.5 Å². The minimum absolute atomic E-state index is 0.143. The van der Waals surface area contributed by atoms with Gasteiger partial charge >= 0.3 is 5.97 Å². The number of methoxy groups -OCH3 is 1. The molecule has 0 saturated heterocycles. The van der Waals surface area contributed by atoms with E-state index >= 15 is 0 Å². The van der Waals surface area contributed by atoms with Crippen molar-refractivity contribution in [1.29, 1.82) is 0 Å². The Labute approximate surface area is 191 Å². The van der Waals surface area contributed by atoms with E-state index in [9.17, 15) is 14.4 Å². The summed E-state index contributed by atoms with van der Waals surface area (Å²) in [6.07, 6.45) is 1.71. The summed E-state index contributed by atoms with van der Waals surface area (Å²) in [5, 5.41) is 2.71. The summed E-state index contributed by atoms with van der Waals surface area (Å²) in [6.45, 7) is 0.106. The van der Waals surface area contributed by atoms with Crippen molar-refractivity contribution in [3.63, 3.8) is 0 Å². The number of nitrogens with one attached hydrogen (secondary N) is 1. The SMILES string of the molecule is COc1ccc(CNC(=O)COC(=O)C2Cc3ccccc3CN2C(=O)c2ccco2)cc1. The van der Waals surface area contributed by atoms with Crippen molar-refractivity contribution in [3.8, 4) is 5.75 Å². The van der Waals surface area contributed by atoms with E-state index in [1.807, 2.05) is 36.4 Å². The van der Waals surface area contributed by atoms with Gasteiger partial charge in [0.1, 0.15) is 11.8 Å². The van der Waals surface area contributed by atoms with Crippen LogP contribution in [0.5, 0.6) is 5.75 Å². The molecule has 170 valence electrons. The summed E-state index contributed by atoms with van der Waals surface area (Å²) < 4.78 is 15.6. The van der Waals surface area contributed by atoms with E-state index in [1.54, 1.807) is 31.4 Å². The third kappa shape index (κ3) is 5.23. The second-order valence-electron chi connectivity index (χ2n) is 7.63. The van der Waals surface area contributed by atoms with Gasteiger partial charge in [-0.15, -0.1) is 0 Å².